The number of carbonyl (C=O) groups excluding carboxylic acids is 1. The maximum Gasteiger partial charge on any atom is 0.265 e. The number of methoxy groups -OCH3 is 2. The van der Waals surface area contributed by atoms with Crippen LogP contribution in [-0.2, 0) is 14.8 Å². The molecular formula is C19H22N2O6S. The molecule has 0 bridgehead atoms. The number of fused-ring (bicyclic) bond motifs is 1. The highest BCUT2D eigenvalue weighted by Crippen LogP contribution is 2.36. The van der Waals surface area contributed by atoms with Crippen molar-refractivity contribution < 1.29 is 27.4 Å². The summed E-state index contributed by atoms with van der Waals surface area (Å²) in [6.45, 7) is 2.47. The quantitative estimate of drug-likeness (QED) is 0.760. The fraction of sp³-hybridized carbons (Fsp3) is 0.316. The standard InChI is InChI=1S/C19H22N2O6S/c1-4-9-21-15-10-13(5-7-16(15)27-12-19(21)22)20-28(23,24)14-6-8-17(25-2)18(11-14)26-3/h5-8,10-11,20H,4,9,12H2,1-3H3. The van der Waals surface area contributed by atoms with E-state index in [2.05, 4.69) is 4.72 Å². The number of hydrogen-bond acceptors (Lipinski definition) is 6. The lowest BCUT2D eigenvalue weighted by atomic mass is 10.2. The Hall–Kier alpha value is -2.94. The largest absolute Gasteiger partial charge is 0.493 e. The molecule has 1 amide bonds. The second-order valence-corrected chi connectivity index (χ2v) is 7.82. The van der Waals surface area contributed by atoms with Crippen LogP contribution in [0.4, 0.5) is 11.4 Å². The van der Waals surface area contributed by atoms with E-state index in [4.69, 9.17) is 14.2 Å². The highest BCUT2D eigenvalue weighted by atomic mass is 32.2. The molecule has 0 radical (unpaired) electrons. The van der Waals surface area contributed by atoms with E-state index in [-0.39, 0.29) is 17.4 Å². The van der Waals surface area contributed by atoms with Crippen molar-refractivity contribution in [2.45, 2.75) is 18.2 Å². The lowest BCUT2D eigenvalue weighted by Gasteiger charge is -2.29. The number of nitrogens with one attached hydrogen (secondary N) is 1. The molecule has 0 saturated heterocycles. The second kappa shape index (κ2) is 7.97. The van der Waals surface area contributed by atoms with Gasteiger partial charge in [-0.2, -0.15) is 0 Å². The fourth-order valence-electron chi connectivity index (χ4n) is 2.93. The molecule has 9 heteroatoms. The molecule has 1 heterocycles. The van der Waals surface area contributed by atoms with Crippen molar-refractivity contribution in [2.24, 2.45) is 0 Å². The van der Waals surface area contributed by atoms with Gasteiger partial charge in [0.05, 0.1) is 30.5 Å². The van der Waals surface area contributed by atoms with Crippen molar-refractivity contribution in [2.75, 3.05) is 37.0 Å². The van der Waals surface area contributed by atoms with Gasteiger partial charge >= 0.3 is 0 Å². The highest BCUT2D eigenvalue weighted by Gasteiger charge is 2.26. The number of hydrogen-bond donors (Lipinski definition) is 1. The van der Waals surface area contributed by atoms with E-state index in [0.29, 0.717) is 35.2 Å². The summed E-state index contributed by atoms with van der Waals surface area (Å²) in [4.78, 5) is 13.8. The Kier molecular flexibility index (Phi) is 5.64. The van der Waals surface area contributed by atoms with E-state index in [0.717, 1.165) is 6.42 Å². The van der Waals surface area contributed by atoms with Gasteiger partial charge in [0, 0.05) is 12.6 Å². The summed E-state index contributed by atoms with van der Waals surface area (Å²) >= 11 is 0. The molecule has 28 heavy (non-hydrogen) atoms. The van der Waals surface area contributed by atoms with Crippen molar-refractivity contribution in [1.82, 2.24) is 0 Å². The monoisotopic (exact) mass is 406 g/mol. The first-order valence-corrected chi connectivity index (χ1v) is 10.2. The summed E-state index contributed by atoms with van der Waals surface area (Å²) in [7, 11) is -0.961. The fourth-order valence-corrected chi connectivity index (χ4v) is 4.00. The molecule has 3 rings (SSSR count). The lowest BCUT2D eigenvalue weighted by molar-refractivity contribution is -0.121. The van der Waals surface area contributed by atoms with Crippen LogP contribution in [0.5, 0.6) is 17.2 Å². The minimum absolute atomic E-state index is 0.0241. The Morgan fingerprint density at radius 1 is 1.11 bits per heavy atom. The number of anilines is 2. The van der Waals surface area contributed by atoms with Crippen LogP contribution in [0.15, 0.2) is 41.3 Å². The molecule has 1 N–H and O–H groups in total. The lowest BCUT2D eigenvalue weighted by Crippen LogP contribution is -2.39. The summed E-state index contributed by atoms with van der Waals surface area (Å²) in [5.41, 5.74) is 0.874. The summed E-state index contributed by atoms with van der Waals surface area (Å²) in [5, 5.41) is 0. The summed E-state index contributed by atoms with van der Waals surface area (Å²) in [6, 6.07) is 9.18. The molecular weight excluding hydrogens is 384 g/mol. The van der Waals surface area contributed by atoms with Crippen LogP contribution in [0.25, 0.3) is 0 Å². The zero-order chi connectivity index (χ0) is 20.3. The van der Waals surface area contributed by atoms with Crippen LogP contribution in [0.3, 0.4) is 0 Å². The summed E-state index contributed by atoms with van der Waals surface area (Å²) < 4.78 is 43.9. The molecule has 1 aliphatic rings. The van der Waals surface area contributed by atoms with E-state index < -0.39 is 10.0 Å². The smallest absolute Gasteiger partial charge is 0.265 e. The molecule has 0 aromatic heterocycles. The number of carbonyl (C=O) groups is 1. The Morgan fingerprint density at radius 3 is 2.54 bits per heavy atom. The van der Waals surface area contributed by atoms with E-state index in [1.54, 1.807) is 23.1 Å². The van der Waals surface area contributed by atoms with Crippen LogP contribution in [0, 0.1) is 0 Å². The number of sulfonamides is 1. The Morgan fingerprint density at radius 2 is 1.86 bits per heavy atom. The predicted octanol–water partition coefficient (Wildman–Crippen LogP) is 2.64. The summed E-state index contributed by atoms with van der Waals surface area (Å²) in [6.07, 6.45) is 0.771. The van der Waals surface area contributed by atoms with Crippen LogP contribution in [0.1, 0.15) is 13.3 Å². The average molecular weight is 406 g/mol. The third kappa shape index (κ3) is 3.84. The van der Waals surface area contributed by atoms with E-state index in [9.17, 15) is 13.2 Å². The van der Waals surface area contributed by atoms with E-state index in [1.165, 1.54) is 32.4 Å². The van der Waals surface area contributed by atoms with Gasteiger partial charge in [0.15, 0.2) is 18.1 Å². The van der Waals surface area contributed by atoms with Gasteiger partial charge in [-0.3, -0.25) is 9.52 Å². The van der Waals surface area contributed by atoms with Crippen LogP contribution in [0.2, 0.25) is 0 Å². The van der Waals surface area contributed by atoms with Gasteiger partial charge in [0.2, 0.25) is 0 Å². The van der Waals surface area contributed by atoms with Gasteiger partial charge < -0.3 is 19.1 Å². The van der Waals surface area contributed by atoms with Gasteiger partial charge in [-0.25, -0.2) is 8.42 Å². The van der Waals surface area contributed by atoms with Gasteiger partial charge in [-0.15, -0.1) is 0 Å². The molecule has 0 spiro atoms. The number of nitrogens with zero attached hydrogens (tertiary/aromatic N) is 1. The Balaban J connectivity index is 1.92. The zero-order valence-corrected chi connectivity index (χ0v) is 16.7. The molecule has 0 atom stereocenters. The predicted molar refractivity (Wildman–Crippen MR) is 105 cm³/mol. The van der Waals surface area contributed by atoms with Crippen molar-refractivity contribution >= 4 is 27.3 Å². The number of benzene rings is 2. The van der Waals surface area contributed by atoms with Crippen molar-refractivity contribution in [3.05, 3.63) is 36.4 Å². The number of rotatable bonds is 7. The Labute approximate surface area is 164 Å². The number of ether oxygens (including phenoxy) is 3. The molecule has 2 aromatic carbocycles. The van der Waals surface area contributed by atoms with Crippen LogP contribution in [-0.4, -0.2) is 41.7 Å². The molecule has 0 unspecified atom stereocenters. The molecule has 2 aromatic rings. The minimum atomic E-state index is -3.87. The van der Waals surface area contributed by atoms with Gasteiger partial charge in [-0.1, -0.05) is 6.92 Å². The maximum atomic E-state index is 12.8. The van der Waals surface area contributed by atoms with E-state index in [1.807, 2.05) is 6.92 Å². The van der Waals surface area contributed by atoms with Crippen LogP contribution >= 0.6 is 0 Å². The van der Waals surface area contributed by atoms with Crippen molar-refractivity contribution in [1.29, 1.82) is 0 Å². The normalized spacial score (nSPS) is 13.5. The summed E-state index contributed by atoms with van der Waals surface area (Å²) in [5.74, 6) is 1.13. The molecule has 0 fully saturated rings. The maximum absolute atomic E-state index is 12.8. The van der Waals surface area contributed by atoms with Gasteiger partial charge in [0.1, 0.15) is 5.75 Å². The first-order valence-electron chi connectivity index (χ1n) is 8.71. The van der Waals surface area contributed by atoms with Gasteiger partial charge in [0.25, 0.3) is 15.9 Å². The first-order chi connectivity index (χ1) is 13.4. The molecule has 0 aliphatic carbocycles. The average Bonchev–Trinajstić information content (AvgIpc) is 2.69. The first kappa shape index (κ1) is 19.8. The van der Waals surface area contributed by atoms with Crippen molar-refractivity contribution in [3.63, 3.8) is 0 Å². The molecule has 0 saturated carbocycles. The third-order valence-electron chi connectivity index (χ3n) is 4.27. The Bertz CT molecular complexity index is 990. The zero-order valence-electron chi connectivity index (χ0n) is 15.9. The second-order valence-electron chi connectivity index (χ2n) is 6.14. The molecule has 1 aliphatic heterocycles. The third-order valence-corrected chi connectivity index (χ3v) is 5.65. The van der Waals surface area contributed by atoms with Gasteiger partial charge in [-0.05, 0) is 36.8 Å². The van der Waals surface area contributed by atoms with Crippen molar-refractivity contribution in [3.8, 4) is 17.2 Å². The van der Waals surface area contributed by atoms with E-state index >= 15 is 0 Å². The highest BCUT2D eigenvalue weighted by molar-refractivity contribution is 7.92. The molecule has 150 valence electrons. The van der Waals surface area contributed by atoms with Crippen LogP contribution < -0.4 is 23.8 Å². The number of amides is 1. The minimum Gasteiger partial charge on any atom is -0.493 e. The SMILES string of the molecule is CCCN1C(=O)COc2ccc(NS(=O)(=O)c3ccc(OC)c(OC)c3)cc21. The topological polar surface area (TPSA) is 94.2 Å². The molecule has 8 nitrogen and oxygen atoms in total.